The molecule has 3 atom stereocenters. The maximum Gasteiger partial charge on any atom is 0.0271 e. The van der Waals surface area contributed by atoms with Crippen molar-refractivity contribution in [1.29, 1.82) is 0 Å². The fourth-order valence-corrected chi connectivity index (χ4v) is 4.99. The van der Waals surface area contributed by atoms with Crippen molar-refractivity contribution in [1.82, 2.24) is 15.1 Å². The van der Waals surface area contributed by atoms with Crippen LogP contribution >= 0.6 is 0 Å². The monoisotopic (exact) mass is 279 g/mol. The first-order valence-corrected chi connectivity index (χ1v) is 8.77. The van der Waals surface area contributed by atoms with Gasteiger partial charge in [0.05, 0.1) is 0 Å². The lowest BCUT2D eigenvalue weighted by Gasteiger charge is -2.36. The first kappa shape index (κ1) is 14.8. The van der Waals surface area contributed by atoms with E-state index in [-0.39, 0.29) is 0 Å². The Morgan fingerprint density at radius 3 is 2.40 bits per heavy atom. The molecule has 1 aliphatic carbocycles. The van der Waals surface area contributed by atoms with Crippen molar-refractivity contribution in [2.45, 2.75) is 70.5 Å². The second kappa shape index (κ2) is 5.94. The van der Waals surface area contributed by atoms with Crippen molar-refractivity contribution in [2.24, 2.45) is 5.41 Å². The Balaban J connectivity index is 1.59. The van der Waals surface area contributed by atoms with E-state index in [0.717, 1.165) is 12.1 Å². The van der Waals surface area contributed by atoms with Gasteiger partial charge in [-0.25, -0.2) is 0 Å². The Labute approximate surface area is 125 Å². The zero-order chi connectivity index (χ0) is 14.2. The zero-order valence-corrected chi connectivity index (χ0v) is 13.7. The SMILES string of the molecule is CNC1C(N2CCC(N3CCCCC3)C2)CCC1(C)C. The van der Waals surface area contributed by atoms with Gasteiger partial charge in [-0.05, 0) is 57.7 Å². The van der Waals surface area contributed by atoms with E-state index < -0.39 is 0 Å². The Kier molecular flexibility index (Phi) is 4.40. The molecule has 3 aliphatic rings. The Hall–Kier alpha value is -0.120. The van der Waals surface area contributed by atoms with Crippen LogP contribution in [0.3, 0.4) is 0 Å². The number of likely N-dealkylation sites (tertiary alicyclic amines) is 2. The molecule has 2 heterocycles. The topological polar surface area (TPSA) is 18.5 Å². The summed E-state index contributed by atoms with van der Waals surface area (Å²) in [4.78, 5) is 5.58. The third kappa shape index (κ3) is 2.77. The molecular weight excluding hydrogens is 246 g/mol. The molecular formula is C17H33N3. The molecule has 3 nitrogen and oxygen atoms in total. The summed E-state index contributed by atoms with van der Waals surface area (Å²) in [5, 5.41) is 3.62. The summed E-state index contributed by atoms with van der Waals surface area (Å²) in [5.41, 5.74) is 0.461. The summed E-state index contributed by atoms with van der Waals surface area (Å²) in [6.45, 7) is 10.2. The molecule has 0 amide bonds. The zero-order valence-electron chi connectivity index (χ0n) is 13.7. The van der Waals surface area contributed by atoms with Crippen LogP contribution in [0.5, 0.6) is 0 Å². The summed E-state index contributed by atoms with van der Waals surface area (Å²) in [6.07, 6.45) is 8.44. The van der Waals surface area contributed by atoms with Crippen LogP contribution in [0.15, 0.2) is 0 Å². The average Bonchev–Trinajstić information content (AvgIpc) is 3.03. The highest BCUT2D eigenvalue weighted by Crippen LogP contribution is 2.41. The van der Waals surface area contributed by atoms with E-state index in [2.05, 4.69) is 36.0 Å². The smallest absolute Gasteiger partial charge is 0.0271 e. The normalized spacial score (nSPS) is 39.5. The molecule has 3 heteroatoms. The third-order valence-corrected chi connectivity index (χ3v) is 6.19. The first-order chi connectivity index (χ1) is 9.62. The Morgan fingerprint density at radius 2 is 1.70 bits per heavy atom. The fourth-order valence-electron chi connectivity index (χ4n) is 4.99. The molecule has 20 heavy (non-hydrogen) atoms. The van der Waals surface area contributed by atoms with Gasteiger partial charge in [0, 0.05) is 31.2 Å². The van der Waals surface area contributed by atoms with E-state index in [1.165, 1.54) is 64.7 Å². The molecule has 2 aliphatic heterocycles. The van der Waals surface area contributed by atoms with Crippen LogP contribution in [-0.4, -0.2) is 61.2 Å². The molecule has 0 aromatic rings. The van der Waals surface area contributed by atoms with E-state index in [1.54, 1.807) is 0 Å². The minimum Gasteiger partial charge on any atom is -0.315 e. The quantitative estimate of drug-likeness (QED) is 0.855. The van der Waals surface area contributed by atoms with Crippen molar-refractivity contribution in [3.05, 3.63) is 0 Å². The molecule has 2 saturated heterocycles. The van der Waals surface area contributed by atoms with Crippen LogP contribution in [0.4, 0.5) is 0 Å². The van der Waals surface area contributed by atoms with E-state index in [9.17, 15) is 0 Å². The predicted octanol–water partition coefficient (Wildman–Crippen LogP) is 2.32. The molecule has 1 N–H and O–H groups in total. The standard InChI is InChI=1S/C17H33N3/c1-17(2)9-7-15(16(17)18-3)20-12-8-14(13-20)19-10-5-4-6-11-19/h14-16,18H,4-13H2,1-3H3. The molecule has 0 radical (unpaired) electrons. The predicted molar refractivity (Wildman–Crippen MR) is 85.1 cm³/mol. The number of hydrogen-bond acceptors (Lipinski definition) is 3. The molecule has 116 valence electrons. The van der Waals surface area contributed by atoms with Gasteiger partial charge in [0.15, 0.2) is 0 Å². The summed E-state index contributed by atoms with van der Waals surface area (Å²) >= 11 is 0. The van der Waals surface area contributed by atoms with E-state index in [4.69, 9.17) is 0 Å². The Bertz CT molecular complexity index is 322. The largest absolute Gasteiger partial charge is 0.315 e. The second-order valence-electron chi connectivity index (χ2n) is 7.90. The van der Waals surface area contributed by atoms with Gasteiger partial charge < -0.3 is 5.32 Å². The summed E-state index contributed by atoms with van der Waals surface area (Å²) in [6, 6.07) is 2.28. The Morgan fingerprint density at radius 1 is 0.950 bits per heavy atom. The molecule has 0 spiro atoms. The molecule has 3 unspecified atom stereocenters. The van der Waals surface area contributed by atoms with E-state index >= 15 is 0 Å². The number of rotatable bonds is 3. The van der Waals surface area contributed by atoms with Crippen molar-refractivity contribution in [3.8, 4) is 0 Å². The molecule has 0 aromatic heterocycles. The number of nitrogens with zero attached hydrogens (tertiary/aromatic N) is 2. The first-order valence-electron chi connectivity index (χ1n) is 8.77. The molecule has 1 saturated carbocycles. The number of piperidine rings is 1. The van der Waals surface area contributed by atoms with Gasteiger partial charge in [-0.2, -0.15) is 0 Å². The van der Waals surface area contributed by atoms with Gasteiger partial charge in [-0.15, -0.1) is 0 Å². The summed E-state index contributed by atoms with van der Waals surface area (Å²) in [7, 11) is 2.16. The lowest BCUT2D eigenvalue weighted by molar-refractivity contribution is 0.137. The average molecular weight is 279 g/mol. The van der Waals surface area contributed by atoms with Crippen LogP contribution in [0.2, 0.25) is 0 Å². The lowest BCUT2D eigenvalue weighted by Crippen LogP contribution is -2.51. The van der Waals surface area contributed by atoms with Crippen LogP contribution in [-0.2, 0) is 0 Å². The van der Waals surface area contributed by atoms with Crippen LogP contribution in [0, 0.1) is 5.41 Å². The highest BCUT2D eigenvalue weighted by molar-refractivity contribution is 5.02. The molecule has 0 aromatic carbocycles. The molecule has 3 rings (SSSR count). The van der Waals surface area contributed by atoms with Crippen molar-refractivity contribution in [3.63, 3.8) is 0 Å². The maximum atomic E-state index is 3.62. The number of hydrogen-bond donors (Lipinski definition) is 1. The van der Waals surface area contributed by atoms with Gasteiger partial charge in [0.2, 0.25) is 0 Å². The van der Waals surface area contributed by atoms with Gasteiger partial charge in [0.1, 0.15) is 0 Å². The van der Waals surface area contributed by atoms with Gasteiger partial charge in [-0.1, -0.05) is 20.3 Å². The number of likely N-dealkylation sites (N-methyl/N-ethyl adjacent to an activating group) is 1. The van der Waals surface area contributed by atoms with E-state index in [1.807, 2.05) is 0 Å². The highest BCUT2D eigenvalue weighted by atomic mass is 15.3. The maximum absolute atomic E-state index is 3.62. The van der Waals surface area contributed by atoms with Gasteiger partial charge in [0.25, 0.3) is 0 Å². The van der Waals surface area contributed by atoms with Gasteiger partial charge >= 0.3 is 0 Å². The van der Waals surface area contributed by atoms with Crippen molar-refractivity contribution < 1.29 is 0 Å². The molecule has 0 bridgehead atoms. The third-order valence-electron chi connectivity index (χ3n) is 6.19. The van der Waals surface area contributed by atoms with Crippen molar-refractivity contribution >= 4 is 0 Å². The highest BCUT2D eigenvalue weighted by Gasteiger charge is 2.45. The van der Waals surface area contributed by atoms with Crippen LogP contribution in [0.1, 0.15) is 52.4 Å². The minimum absolute atomic E-state index is 0.461. The fraction of sp³-hybridized carbons (Fsp3) is 1.00. The second-order valence-corrected chi connectivity index (χ2v) is 7.90. The molecule has 3 fully saturated rings. The lowest BCUT2D eigenvalue weighted by atomic mass is 9.86. The van der Waals surface area contributed by atoms with E-state index in [0.29, 0.717) is 11.5 Å². The number of nitrogens with one attached hydrogen (secondary N) is 1. The summed E-state index contributed by atoms with van der Waals surface area (Å²) in [5.74, 6) is 0. The summed E-state index contributed by atoms with van der Waals surface area (Å²) < 4.78 is 0. The van der Waals surface area contributed by atoms with Crippen molar-refractivity contribution in [2.75, 3.05) is 33.2 Å². The minimum atomic E-state index is 0.461. The van der Waals surface area contributed by atoms with Gasteiger partial charge in [-0.3, -0.25) is 9.80 Å². The van der Waals surface area contributed by atoms with Crippen LogP contribution < -0.4 is 5.32 Å². The van der Waals surface area contributed by atoms with Crippen LogP contribution in [0.25, 0.3) is 0 Å².